The van der Waals surface area contributed by atoms with Crippen molar-refractivity contribution in [3.05, 3.63) is 0 Å². The molecule has 0 aromatic rings. The van der Waals surface area contributed by atoms with Gasteiger partial charge in [-0.05, 0) is 0 Å². The molecule has 0 saturated heterocycles. The van der Waals surface area contributed by atoms with Crippen molar-refractivity contribution in [1.82, 2.24) is 5.32 Å². The van der Waals surface area contributed by atoms with Crippen LogP contribution in [0.1, 0.15) is 13.3 Å². The fourth-order valence-electron chi connectivity index (χ4n) is 1.68. The van der Waals surface area contributed by atoms with Gasteiger partial charge in [-0.15, -0.1) is 0 Å². The largest absolute Gasteiger partial charge is 0.477 e. The molecule has 0 rings (SSSR count). The third kappa shape index (κ3) is 7.97. The van der Waals surface area contributed by atoms with Gasteiger partial charge in [0.15, 0.2) is 0 Å². The fraction of sp³-hybridized carbons (Fsp3) is 0.846. The van der Waals surface area contributed by atoms with Crippen LogP contribution in [0.25, 0.3) is 0 Å². The SMILES string of the molecule is CC(=O)NCC(O)C[C@@](OCCO)(OC[C@H](O)[C@H](O)CO)C(=O)O. The van der Waals surface area contributed by atoms with Gasteiger partial charge in [0, 0.05) is 19.9 Å². The van der Waals surface area contributed by atoms with E-state index in [4.69, 9.17) is 19.7 Å². The van der Waals surface area contributed by atoms with Crippen molar-refractivity contribution in [2.24, 2.45) is 0 Å². The maximum atomic E-state index is 11.5. The van der Waals surface area contributed by atoms with Crippen LogP contribution in [0.2, 0.25) is 0 Å². The standard InChI is InChI=1S/C13H25NO10/c1-8(17)14-5-9(18)4-13(12(21)22,23-3-2-15)24-7-11(20)10(19)6-16/h9-11,15-16,18-20H,2-7H2,1H3,(H,14,17)(H,21,22)/t9?,10-,11+,13-/m1/s1. The van der Waals surface area contributed by atoms with E-state index >= 15 is 0 Å². The Morgan fingerprint density at radius 2 is 1.75 bits per heavy atom. The third-order valence-electron chi connectivity index (χ3n) is 2.96. The van der Waals surface area contributed by atoms with Crippen LogP contribution in [-0.4, -0.2) is 99.6 Å². The number of nitrogens with one attached hydrogen (secondary N) is 1. The molecule has 0 bridgehead atoms. The summed E-state index contributed by atoms with van der Waals surface area (Å²) in [6.07, 6.45) is -5.13. The minimum atomic E-state index is -2.42. The molecule has 0 aliphatic carbocycles. The minimum absolute atomic E-state index is 0.266. The lowest BCUT2D eigenvalue weighted by molar-refractivity contribution is -0.264. The van der Waals surface area contributed by atoms with E-state index in [1.165, 1.54) is 6.92 Å². The highest BCUT2D eigenvalue weighted by molar-refractivity contribution is 5.76. The third-order valence-corrected chi connectivity index (χ3v) is 2.96. The number of aliphatic hydroxyl groups excluding tert-OH is 5. The Morgan fingerprint density at radius 3 is 2.21 bits per heavy atom. The van der Waals surface area contributed by atoms with Gasteiger partial charge in [0.2, 0.25) is 5.91 Å². The molecule has 0 aliphatic rings. The first-order chi connectivity index (χ1) is 11.2. The molecule has 24 heavy (non-hydrogen) atoms. The first kappa shape index (κ1) is 22.7. The van der Waals surface area contributed by atoms with Crippen LogP contribution in [0, 0.1) is 0 Å². The van der Waals surface area contributed by atoms with Crippen LogP contribution < -0.4 is 5.32 Å². The Labute approximate surface area is 138 Å². The molecule has 0 aromatic heterocycles. The summed E-state index contributed by atoms with van der Waals surface area (Å²) >= 11 is 0. The average molecular weight is 355 g/mol. The molecule has 0 radical (unpaired) electrons. The van der Waals surface area contributed by atoms with Gasteiger partial charge in [0.1, 0.15) is 12.2 Å². The molecule has 7 N–H and O–H groups in total. The van der Waals surface area contributed by atoms with Crippen LogP contribution in [0.15, 0.2) is 0 Å². The number of amides is 1. The number of carbonyl (C=O) groups excluding carboxylic acids is 1. The van der Waals surface area contributed by atoms with Crippen LogP contribution in [0.4, 0.5) is 0 Å². The summed E-state index contributed by atoms with van der Waals surface area (Å²) in [4.78, 5) is 22.4. The van der Waals surface area contributed by atoms with E-state index in [0.717, 1.165) is 0 Å². The van der Waals surface area contributed by atoms with Gasteiger partial charge < -0.3 is 45.4 Å². The molecule has 4 atom stereocenters. The van der Waals surface area contributed by atoms with Crippen LogP contribution >= 0.6 is 0 Å². The first-order valence-electron chi connectivity index (χ1n) is 7.20. The molecule has 11 nitrogen and oxygen atoms in total. The Balaban J connectivity index is 5.03. The van der Waals surface area contributed by atoms with Gasteiger partial charge in [0.25, 0.3) is 5.79 Å². The second kappa shape index (κ2) is 11.3. The number of hydrogen-bond acceptors (Lipinski definition) is 9. The van der Waals surface area contributed by atoms with Gasteiger partial charge >= 0.3 is 5.97 Å². The van der Waals surface area contributed by atoms with Crippen molar-refractivity contribution < 1.29 is 49.7 Å². The Bertz CT molecular complexity index is 393. The van der Waals surface area contributed by atoms with Gasteiger partial charge in [-0.1, -0.05) is 0 Å². The number of carboxylic acids is 1. The molecule has 0 fully saturated rings. The van der Waals surface area contributed by atoms with Crippen LogP contribution in [0.5, 0.6) is 0 Å². The van der Waals surface area contributed by atoms with Gasteiger partial charge in [-0.3, -0.25) is 4.79 Å². The predicted molar refractivity (Wildman–Crippen MR) is 77.8 cm³/mol. The number of hydrogen-bond donors (Lipinski definition) is 7. The van der Waals surface area contributed by atoms with Gasteiger partial charge in [0.05, 0.1) is 32.5 Å². The maximum Gasteiger partial charge on any atom is 0.364 e. The first-order valence-corrected chi connectivity index (χ1v) is 7.20. The summed E-state index contributed by atoms with van der Waals surface area (Å²) in [5, 5.41) is 57.8. The Kier molecular flexibility index (Phi) is 10.6. The minimum Gasteiger partial charge on any atom is -0.477 e. The molecular weight excluding hydrogens is 330 g/mol. The van der Waals surface area contributed by atoms with Crippen LogP contribution in [0.3, 0.4) is 0 Å². The van der Waals surface area contributed by atoms with Crippen molar-refractivity contribution in [3.63, 3.8) is 0 Å². The highest BCUT2D eigenvalue weighted by Gasteiger charge is 2.44. The normalized spacial score (nSPS) is 17.6. The number of rotatable bonds is 13. The van der Waals surface area contributed by atoms with Crippen molar-refractivity contribution in [3.8, 4) is 0 Å². The Morgan fingerprint density at radius 1 is 1.12 bits per heavy atom. The zero-order valence-corrected chi connectivity index (χ0v) is 13.3. The quantitative estimate of drug-likeness (QED) is 0.163. The van der Waals surface area contributed by atoms with E-state index in [0.29, 0.717) is 0 Å². The molecule has 0 aromatic carbocycles. The zero-order valence-electron chi connectivity index (χ0n) is 13.3. The summed E-state index contributed by atoms with van der Waals surface area (Å²) < 4.78 is 10.0. The molecular formula is C13H25NO10. The number of ether oxygens (including phenoxy) is 2. The lowest BCUT2D eigenvalue weighted by atomic mass is 10.1. The van der Waals surface area contributed by atoms with E-state index in [1.54, 1.807) is 0 Å². The van der Waals surface area contributed by atoms with E-state index in [-0.39, 0.29) is 6.54 Å². The highest BCUT2D eigenvalue weighted by atomic mass is 16.7. The maximum absolute atomic E-state index is 11.5. The summed E-state index contributed by atoms with van der Waals surface area (Å²) in [6.45, 7) is -1.50. The summed E-state index contributed by atoms with van der Waals surface area (Å²) in [5.74, 6) is -4.49. The van der Waals surface area contributed by atoms with Gasteiger partial charge in [-0.2, -0.15) is 0 Å². The predicted octanol–water partition coefficient (Wildman–Crippen LogP) is -3.61. The summed E-state index contributed by atoms with van der Waals surface area (Å²) in [5.41, 5.74) is 0. The Hall–Kier alpha value is -1.34. The average Bonchev–Trinajstić information content (AvgIpc) is 2.54. The monoisotopic (exact) mass is 355 g/mol. The summed E-state index contributed by atoms with van der Waals surface area (Å²) in [7, 11) is 0. The molecule has 1 amide bonds. The molecule has 11 heteroatoms. The van der Waals surface area contributed by atoms with E-state index in [2.05, 4.69) is 5.32 Å². The number of carbonyl (C=O) groups is 2. The molecule has 142 valence electrons. The molecule has 0 aliphatic heterocycles. The van der Waals surface area contributed by atoms with E-state index < -0.39 is 68.8 Å². The lowest BCUT2D eigenvalue weighted by Crippen LogP contribution is -2.51. The number of aliphatic hydroxyl groups is 5. The second-order valence-electron chi connectivity index (χ2n) is 5.05. The second-order valence-corrected chi connectivity index (χ2v) is 5.05. The smallest absolute Gasteiger partial charge is 0.364 e. The van der Waals surface area contributed by atoms with Gasteiger partial charge in [-0.25, -0.2) is 4.79 Å². The van der Waals surface area contributed by atoms with Crippen molar-refractivity contribution >= 4 is 11.9 Å². The topological polar surface area (TPSA) is 186 Å². The fourth-order valence-corrected chi connectivity index (χ4v) is 1.68. The molecule has 1 unspecified atom stereocenters. The van der Waals surface area contributed by atoms with E-state index in [9.17, 15) is 30.0 Å². The molecule has 0 heterocycles. The van der Waals surface area contributed by atoms with Crippen molar-refractivity contribution in [2.75, 3.05) is 33.0 Å². The number of aliphatic carboxylic acids is 1. The van der Waals surface area contributed by atoms with E-state index in [1.807, 2.05) is 0 Å². The molecule has 0 saturated carbocycles. The zero-order chi connectivity index (χ0) is 18.8. The number of carboxylic acid groups (broad SMARTS) is 1. The highest BCUT2D eigenvalue weighted by Crippen LogP contribution is 2.22. The van der Waals surface area contributed by atoms with Crippen molar-refractivity contribution in [2.45, 2.75) is 37.4 Å². The summed E-state index contributed by atoms with van der Waals surface area (Å²) in [6, 6.07) is 0. The van der Waals surface area contributed by atoms with Crippen molar-refractivity contribution in [1.29, 1.82) is 0 Å². The van der Waals surface area contributed by atoms with Crippen LogP contribution in [-0.2, 0) is 19.1 Å². The molecule has 0 spiro atoms. The lowest BCUT2D eigenvalue weighted by Gasteiger charge is -2.32.